The van der Waals surface area contributed by atoms with Crippen molar-refractivity contribution in [1.29, 1.82) is 0 Å². The molecule has 1 fully saturated rings. The molecule has 0 saturated carbocycles. The van der Waals surface area contributed by atoms with Gasteiger partial charge >= 0.3 is 0 Å². The molecule has 0 amide bonds. The second-order valence-corrected chi connectivity index (χ2v) is 6.94. The van der Waals surface area contributed by atoms with Gasteiger partial charge in [0, 0.05) is 44.9 Å². The normalized spacial score (nSPS) is 17.4. The highest BCUT2D eigenvalue weighted by Gasteiger charge is 2.25. The van der Waals surface area contributed by atoms with Crippen LogP contribution >= 0.6 is 24.0 Å². The van der Waals surface area contributed by atoms with Crippen LogP contribution in [0, 0.1) is 0 Å². The smallest absolute Gasteiger partial charge is 0.194 e. The molecule has 0 bridgehead atoms. The molecule has 1 aromatic carbocycles. The highest BCUT2D eigenvalue weighted by Crippen LogP contribution is 2.21. The molecule has 1 unspecified atom stereocenters. The summed E-state index contributed by atoms with van der Waals surface area (Å²) in [6.07, 6.45) is 4.68. The van der Waals surface area contributed by atoms with Crippen LogP contribution in [-0.4, -0.2) is 63.4 Å². The van der Waals surface area contributed by atoms with E-state index in [9.17, 15) is 0 Å². The summed E-state index contributed by atoms with van der Waals surface area (Å²) >= 11 is 0. The van der Waals surface area contributed by atoms with E-state index in [0.29, 0.717) is 13.2 Å². The van der Waals surface area contributed by atoms with Crippen LogP contribution in [0.1, 0.15) is 24.4 Å². The summed E-state index contributed by atoms with van der Waals surface area (Å²) in [6, 6.07) is 8.09. The van der Waals surface area contributed by atoms with Crippen molar-refractivity contribution < 1.29 is 4.74 Å². The fourth-order valence-electron chi connectivity index (χ4n) is 3.47. The van der Waals surface area contributed by atoms with Crippen LogP contribution in [0.2, 0.25) is 0 Å². The molecule has 1 aliphatic rings. The van der Waals surface area contributed by atoms with Gasteiger partial charge in [0.05, 0.1) is 30.4 Å². The monoisotopic (exact) mass is 509 g/mol. The summed E-state index contributed by atoms with van der Waals surface area (Å²) in [7, 11) is 1.92. The van der Waals surface area contributed by atoms with Gasteiger partial charge in [-0.2, -0.15) is 5.10 Å². The number of imidazole rings is 1. The molecule has 0 radical (unpaired) electrons. The zero-order valence-electron chi connectivity index (χ0n) is 16.8. The highest BCUT2D eigenvalue weighted by atomic mass is 127. The molecule has 1 saturated heterocycles. The van der Waals surface area contributed by atoms with Crippen molar-refractivity contribution in [1.82, 2.24) is 30.0 Å². The number of halogens is 1. The first-order chi connectivity index (χ1) is 13.7. The number of aromatic amines is 1. The Balaban J connectivity index is 0.00000240. The number of guanidine groups is 1. The molecule has 2 N–H and O–H groups in total. The Morgan fingerprint density at radius 3 is 3.00 bits per heavy atom. The third-order valence-corrected chi connectivity index (χ3v) is 4.85. The molecular formula is C20H28IN7O. The second-order valence-electron chi connectivity index (χ2n) is 6.94. The van der Waals surface area contributed by atoms with Crippen molar-refractivity contribution in [3.8, 4) is 0 Å². The first-order valence-corrected chi connectivity index (χ1v) is 9.80. The average molecular weight is 509 g/mol. The van der Waals surface area contributed by atoms with Gasteiger partial charge < -0.3 is 19.9 Å². The molecule has 3 aromatic rings. The Bertz CT molecular complexity index is 918. The minimum Gasteiger partial charge on any atom is -0.370 e. The fraction of sp³-hybridized carbons (Fsp3) is 0.450. The number of hydrogen-bond donors (Lipinski definition) is 2. The molecule has 0 aliphatic carbocycles. The predicted octanol–water partition coefficient (Wildman–Crippen LogP) is 2.50. The van der Waals surface area contributed by atoms with Crippen LogP contribution in [0.4, 0.5) is 0 Å². The number of ether oxygens (including phenoxy) is 1. The van der Waals surface area contributed by atoms with E-state index in [-0.39, 0.29) is 30.1 Å². The molecule has 156 valence electrons. The fourth-order valence-corrected chi connectivity index (χ4v) is 3.47. The summed E-state index contributed by atoms with van der Waals surface area (Å²) < 4.78 is 7.76. The Morgan fingerprint density at radius 1 is 1.38 bits per heavy atom. The van der Waals surface area contributed by atoms with Gasteiger partial charge in [0.15, 0.2) is 5.96 Å². The van der Waals surface area contributed by atoms with Gasteiger partial charge in [0.25, 0.3) is 0 Å². The third kappa shape index (κ3) is 5.27. The molecule has 8 nitrogen and oxygen atoms in total. The van der Waals surface area contributed by atoms with Gasteiger partial charge in [-0.1, -0.05) is 12.1 Å². The van der Waals surface area contributed by atoms with Gasteiger partial charge in [0.1, 0.15) is 11.9 Å². The average Bonchev–Trinajstić information content (AvgIpc) is 3.33. The van der Waals surface area contributed by atoms with Crippen molar-refractivity contribution >= 4 is 41.0 Å². The van der Waals surface area contributed by atoms with E-state index in [0.717, 1.165) is 54.4 Å². The number of H-pyrrole nitrogens is 1. The van der Waals surface area contributed by atoms with E-state index < -0.39 is 0 Å². The molecular weight excluding hydrogens is 481 g/mol. The number of aromatic nitrogens is 4. The minimum atomic E-state index is 0. The van der Waals surface area contributed by atoms with Crippen molar-refractivity contribution in [3.63, 3.8) is 0 Å². The molecule has 4 rings (SSSR count). The lowest BCUT2D eigenvalue weighted by atomic mass is 10.1. The molecule has 2 aromatic heterocycles. The number of benzene rings is 1. The third-order valence-electron chi connectivity index (χ3n) is 4.85. The van der Waals surface area contributed by atoms with Crippen LogP contribution in [0.5, 0.6) is 0 Å². The van der Waals surface area contributed by atoms with Crippen LogP contribution in [0.3, 0.4) is 0 Å². The summed E-state index contributed by atoms with van der Waals surface area (Å²) in [5.74, 6) is 1.90. The number of aliphatic imine (C=N–C) groups is 1. The SMILES string of the molecule is CCNC(=NCCc1nc2ccccc2[nH]1)N1CCOC(c2cnn(C)c2)C1.I. The Hall–Kier alpha value is -2.14. The van der Waals surface area contributed by atoms with Crippen LogP contribution in [-0.2, 0) is 18.2 Å². The minimum absolute atomic E-state index is 0. The Kier molecular flexibility index (Phi) is 7.48. The van der Waals surface area contributed by atoms with E-state index in [2.05, 4.69) is 32.2 Å². The van der Waals surface area contributed by atoms with Crippen molar-refractivity contribution in [3.05, 3.63) is 48.0 Å². The van der Waals surface area contributed by atoms with Gasteiger partial charge in [0.2, 0.25) is 0 Å². The first-order valence-electron chi connectivity index (χ1n) is 9.80. The maximum atomic E-state index is 5.95. The number of morpholine rings is 1. The van der Waals surface area contributed by atoms with E-state index >= 15 is 0 Å². The van der Waals surface area contributed by atoms with E-state index in [4.69, 9.17) is 9.73 Å². The number of nitrogens with one attached hydrogen (secondary N) is 2. The van der Waals surface area contributed by atoms with Crippen LogP contribution in [0.25, 0.3) is 11.0 Å². The van der Waals surface area contributed by atoms with Crippen molar-refractivity contribution in [2.45, 2.75) is 19.4 Å². The molecule has 29 heavy (non-hydrogen) atoms. The van der Waals surface area contributed by atoms with Crippen molar-refractivity contribution in [2.75, 3.05) is 32.8 Å². The first kappa shape index (κ1) is 21.6. The largest absolute Gasteiger partial charge is 0.370 e. The van der Waals surface area contributed by atoms with E-state index in [1.807, 2.05) is 48.4 Å². The Labute approximate surface area is 187 Å². The predicted molar refractivity (Wildman–Crippen MR) is 125 cm³/mol. The molecule has 1 atom stereocenters. The van der Waals surface area contributed by atoms with Crippen molar-refractivity contribution in [2.24, 2.45) is 12.0 Å². The molecule has 9 heteroatoms. The number of nitrogens with zero attached hydrogens (tertiary/aromatic N) is 5. The van der Waals surface area contributed by atoms with Gasteiger partial charge in [-0.25, -0.2) is 4.98 Å². The maximum Gasteiger partial charge on any atom is 0.194 e. The second kappa shape index (κ2) is 10.1. The number of rotatable bonds is 5. The number of aryl methyl sites for hydroxylation is 1. The molecule has 1 aliphatic heterocycles. The van der Waals surface area contributed by atoms with Gasteiger partial charge in [-0.3, -0.25) is 9.67 Å². The lowest BCUT2D eigenvalue weighted by molar-refractivity contribution is -0.00803. The van der Waals surface area contributed by atoms with Crippen LogP contribution < -0.4 is 5.32 Å². The Morgan fingerprint density at radius 2 is 2.24 bits per heavy atom. The summed E-state index contributed by atoms with van der Waals surface area (Å²) in [5.41, 5.74) is 3.17. The zero-order valence-corrected chi connectivity index (χ0v) is 19.2. The van der Waals surface area contributed by atoms with E-state index in [1.54, 1.807) is 0 Å². The summed E-state index contributed by atoms with van der Waals surface area (Å²) in [4.78, 5) is 15.1. The van der Waals surface area contributed by atoms with Gasteiger partial charge in [-0.15, -0.1) is 24.0 Å². The summed E-state index contributed by atoms with van der Waals surface area (Å²) in [5, 5.41) is 7.67. The topological polar surface area (TPSA) is 83.4 Å². The standard InChI is InChI=1S/C20H27N7O.HI/c1-3-21-20(22-9-8-19-24-16-6-4-5-7-17(16)25-19)27-10-11-28-18(14-27)15-12-23-26(2)13-15;/h4-7,12-13,18H,3,8-11,14H2,1-2H3,(H,21,22)(H,24,25);1H. The van der Waals surface area contributed by atoms with Crippen LogP contribution in [0.15, 0.2) is 41.7 Å². The number of fused-ring (bicyclic) bond motifs is 1. The quantitative estimate of drug-likeness (QED) is 0.314. The number of para-hydroxylation sites is 2. The lowest BCUT2D eigenvalue weighted by Gasteiger charge is -2.34. The summed E-state index contributed by atoms with van der Waals surface area (Å²) in [6.45, 7) is 5.87. The molecule has 3 heterocycles. The lowest BCUT2D eigenvalue weighted by Crippen LogP contribution is -2.48. The maximum absolute atomic E-state index is 5.95. The van der Waals surface area contributed by atoms with Gasteiger partial charge in [-0.05, 0) is 19.1 Å². The zero-order chi connectivity index (χ0) is 19.3. The van der Waals surface area contributed by atoms with E-state index in [1.165, 1.54) is 0 Å². The number of hydrogen-bond acceptors (Lipinski definition) is 4. The molecule has 0 spiro atoms. The highest BCUT2D eigenvalue weighted by molar-refractivity contribution is 14.0.